The third kappa shape index (κ3) is 6.92. The number of benzene rings is 1. The van der Waals surface area contributed by atoms with Crippen molar-refractivity contribution in [1.82, 2.24) is 9.80 Å². The van der Waals surface area contributed by atoms with Crippen LogP contribution >= 0.6 is 0 Å². The van der Waals surface area contributed by atoms with E-state index in [0.29, 0.717) is 0 Å². The maximum Gasteiger partial charge on any atom is 0.490 e. The molecule has 1 fully saturated rings. The zero-order chi connectivity index (χ0) is 22.2. The third-order valence-electron chi connectivity index (χ3n) is 5.04. The van der Waals surface area contributed by atoms with Crippen molar-refractivity contribution in [2.45, 2.75) is 44.2 Å². The highest BCUT2D eigenvalue weighted by atomic mass is 19.4. The molecule has 6 nitrogen and oxygen atoms in total. The summed E-state index contributed by atoms with van der Waals surface area (Å²) in [5.74, 6) is -2.30. The van der Waals surface area contributed by atoms with Crippen LogP contribution in [0.5, 0.6) is 5.75 Å². The fraction of sp³-hybridized carbons (Fsp3) is 0.600. The number of nitrogens with zero attached hydrogens (tertiary/aromatic N) is 2. The summed E-state index contributed by atoms with van der Waals surface area (Å²) in [5, 5.41) is 16.9. The van der Waals surface area contributed by atoms with Gasteiger partial charge >= 0.3 is 12.1 Å². The number of aromatic hydroxyl groups is 1. The van der Waals surface area contributed by atoms with Crippen LogP contribution in [0.4, 0.5) is 13.2 Å². The van der Waals surface area contributed by atoms with Gasteiger partial charge in [0.25, 0.3) is 0 Å². The molecule has 0 aromatic heterocycles. The van der Waals surface area contributed by atoms with Crippen LogP contribution in [0.15, 0.2) is 24.3 Å². The van der Waals surface area contributed by atoms with Crippen molar-refractivity contribution in [1.29, 1.82) is 0 Å². The number of hydrogen-bond acceptors (Lipinski definition) is 4. The Labute approximate surface area is 168 Å². The number of likely N-dealkylation sites (tertiary alicyclic amines) is 1. The Morgan fingerprint density at radius 1 is 1.28 bits per heavy atom. The van der Waals surface area contributed by atoms with Gasteiger partial charge in [0.1, 0.15) is 5.75 Å². The van der Waals surface area contributed by atoms with Gasteiger partial charge in [0.2, 0.25) is 5.91 Å². The van der Waals surface area contributed by atoms with E-state index >= 15 is 0 Å². The lowest BCUT2D eigenvalue weighted by atomic mass is 9.73. The number of carboxylic acid groups (broad SMARTS) is 1. The number of alkyl halides is 3. The molecule has 2 N–H and O–H groups in total. The Kier molecular flexibility index (Phi) is 8.94. The number of aliphatic carboxylic acids is 1. The molecule has 29 heavy (non-hydrogen) atoms. The van der Waals surface area contributed by atoms with Crippen molar-refractivity contribution in [3.63, 3.8) is 0 Å². The minimum absolute atomic E-state index is 0.222. The fourth-order valence-corrected chi connectivity index (χ4v) is 3.38. The first-order valence-corrected chi connectivity index (χ1v) is 9.47. The summed E-state index contributed by atoms with van der Waals surface area (Å²) in [6, 6.07) is 7.25. The number of carbonyl (C=O) groups excluding carboxylic acids is 1. The maximum absolute atomic E-state index is 13.2. The fourth-order valence-electron chi connectivity index (χ4n) is 3.38. The molecule has 0 saturated carbocycles. The van der Waals surface area contributed by atoms with Crippen LogP contribution in [0, 0.1) is 0 Å². The normalized spacial score (nSPS) is 20.1. The van der Waals surface area contributed by atoms with Crippen molar-refractivity contribution in [2.75, 3.05) is 33.7 Å². The van der Waals surface area contributed by atoms with Gasteiger partial charge in [-0.3, -0.25) is 4.79 Å². The Hall–Kier alpha value is -2.29. The first kappa shape index (κ1) is 24.7. The van der Waals surface area contributed by atoms with Crippen LogP contribution in [0.2, 0.25) is 0 Å². The van der Waals surface area contributed by atoms with Gasteiger partial charge in [0.05, 0.1) is 5.41 Å². The van der Waals surface area contributed by atoms with E-state index in [-0.39, 0.29) is 11.7 Å². The van der Waals surface area contributed by atoms with Crippen LogP contribution in [-0.2, 0) is 15.0 Å². The van der Waals surface area contributed by atoms with Crippen LogP contribution < -0.4 is 0 Å². The monoisotopic (exact) mass is 418 g/mol. The molecule has 0 bridgehead atoms. The van der Waals surface area contributed by atoms with Gasteiger partial charge in [0, 0.05) is 19.6 Å². The summed E-state index contributed by atoms with van der Waals surface area (Å²) in [6.07, 6.45) is -1.34. The molecular formula is C20H29F3N2O4. The van der Waals surface area contributed by atoms with Gasteiger partial charge in [-0.25, -0.2) is 4.79 Å². The van der Waals surface area contributed by atoms with E-state index in [1.807, 2.05) is 31.1 Å². The van der Waals surface area contributed by atoms with Gasteiger partial charge in [-0.2, -0.15) is 13.2 Å². The van der Waals surface area contributed by atoms with Gasteiger partial charge in [0.15, 0.2) is 0 Å². The Bertz CT molecular complexity index is 695. The van der Waals surface area contributed by atoms with Gasteiger partial charge < -0.3 is 20.0 Å². The Morgan fingerprint density at radius 2 is 1.90 bits per heavy atom. The number of likely N-dealkylation sites (N-methyl/N-ethyl adjacent to an activating group) is 1. The summed E-state index contributed by atoms with van der Waals surface area (Å²) in [4.78, 5) is 26.3. The zero-order valence-electron chi connectivity index (χ0n) is 17.0. The van der Waals surface area contributed by atoms with Crippen molar-refractivity contribution in [2.24, 2.45) is 0 Å². The molecule has 2 rings (SSSR count). The summed E-state index contributed by atoms with van der Waals surface area (Å²) >= 11 is 0. The molecule has 1 atom stereocenters. The van der Waals surface area contributed by atoms with E-state index in [9.17, 15) is 23.1 Å². The predicted octanol–water partition coefficient (Wildman–Crippen LogP) is 3.25. The standard InChI is InChI=1S/C18H28N2O2.C2HF3O2/c1-4-18(15-8-7-9-16(21)14-15)10-5-6-11-20(17(18)22)13-12-19(2)3;3-2(4,5)1(6)7/h7-9,14,21H,4-6,10-13H2,1-3H3;(H,6,7). The van der Waals surface area contributed by atoms with Crippen LogP contribution in [0.3, 0.4) is 0 Å². The smallest absolute Gasteiger partial charge is 0.490 e. The quantitative estimate of drug-likeness (QED) is 0.767. The predicted molar refractivity (Wildman–Crippen MR) is 103 cm³/mol. The molecule has 9 heteroatoms. The zero-order valence-corrected chi connectivity index (χ0v) is 17.0. The number of amides is 1. The molecule has 1 aliphatic heterocycles. The minimum atomic E-state index is -5.08. The Balaban J connectivity index is 0.000000516. The van der Waals surface area contributed by atoms with E-state index in [1.165, 1.54) is 0 Å². The lowest BCUT2D eigenvalue weighted by Crippen LogP contribution is -2.47. The molecule has 1 aromatic carbocycles. The average molecular weight is 418 g/mol. The molecular weight excluding hydrogens is 389 g/mol. The molecule has 1 saturated heterocycles. The molecule has 1 aliphatic rings. The maximum atomic E-state index is 13.2. The lowest BCUT2D eigenvalue weighted by Gasteiger charge is -2.35. The van der Waals surface area contributed by atoms with E-state index in [2.05, 4.69) is 11.8 Å². The van der Waals surface area contributed by atoms with Gasteiger partial charge in [-0.15, -0.1) is 0 Å². The SMILES string of the molecule is CCC1(c2cccc(O)c2)CCCCN(CCN(C)C)C1=O.O=C(O)C(F)(F)F. The second-order valence-electron chi connectivity index (χ2n) is 7.34. The van der Waals surface area contributed by atoms with Crippen LogP contribution in [-0.4, -0.2) is 71.8 Å². The summed E-state index contributed by atoms with van der Waals surface area (Å²) < 4.78 is 31.7. The molecule has 1 aromatic rings. The van der Waals surface area contributed by atoms with E-state index in [4.69, 9.17) is 9.90 Å². The molecule has 1 amide bonds. The topological polar surface area (TPSA) is 81.1 Å². The van der Waals surface area contributed by atoms with Gasteiger partial charge in [-0.05, 0) is 51.1 Å². The third-order valence-corrected chi connectivity index (χ3v) is 5.04. The number of carbonyl (C=O) groups is 2. The molecule has 0 aliphatic carbocycles. The highest BCUT2D eigenvalue weighted by molar-refractivity contribution is 5.88. The highest BCUT2D eigenvalue weighted by Gasteiger charge is 2.42. The first-order valence-electron chi connectivity index (χ1n) is 9.47. The van der Waals surface area contributed by atoms with Crippen molar-refractivity contribution >= 4 is 11.9 Å². The van der Waals surface area contributed by atoms with Crippen molar-refractivity contribution in [3.8, 4) is 5.75 Å². The highest BCUT2D eigenvalue weighted by Crippen LogP contribution is 2.38. The minimum Gasteiger partial charge on any atom is -0.508 e. The largest absolute Gasteiger partial charge is 0.508 e. The average Bonchev–Trinajstić information content (AvgIpc) is 2.79. The first-order chi connectivity index (χ1) is 13.4. The van der Waals surface area contributed by atoms with Crippen LogP contribution in [0.1, 0.15) is 38.2 Å². The number of phenolic OH excluding ortho intramolecular Hbond substituents is 1. The number of carboxylic acids is 1. The second kappa shape index (κ2) is 10.5. The van der Waals surface area contributed by atoms with E-state index in [0.717, 1.165) is 50.9 Å². The Morgan fingerprint density at radius 3 is 2.38 bits per heavy atom. The molecule has 164 valence electrons. The molecule has 0 spiro atoms. The summed E-state index contributed by atoms with van der Waals surface area (Å²) in [7, 11) is 4.06. The molecule has 1 heterocycles. The number of hydrogen-bond donors (Lipinski definition) is 2. The number of phenols is 1. The van der Waals surface area contributed by atoms with Crippen molar-refractivity contribution < 1.29 is 33.0 Å². The summed E-state index contributed by atoms with van der Waals surface area (Å²) in [5.41, 5.74) is 0.471. The van der Waals surface area contributed by atoms with Gasteiger partial charge in [-0.1, -0.05) is 25.5 Å². The summed E-state index contributed by atoms with van der Waals surface area (Å²) in [6.45, 7) is 4.57. The van der Waals surface area contributed by atoms with E-state index in [1.54, 1.807) is 12.1 Å². The van der Waals surface area contributed by atoms with E-state index < -0.39 is 17.6 Å². The second-order valence-corrected chi connectivity index (χ2v) is 7.34. The lowest BCUT2D eigenvalue weighted by molar-refractivity contribution is -0.192. The number of halogens is 3. The molecule has 1 unspecified atom stereocenters. The van der Waals surface area contributed by atoms with Crippen molar-refractivity contribution in [3.05, 3.63) is 29.8 Å². The molecule has 0 radical (unpaired) electrons. The van der Waals surface area contributed by atoms with Crippen LogP contribution in [0.25, 0.3) is 0 Å². The number of rotatable bonds is 5.